The molecule has 0 N–H and O–H groups in total. The van der Waals surface area contributed by atoms with Gasteiger partial charge in [0.15, 0.2) is 5.69 Å². The first-order chi connectivity index (χ1) is 14.5. The number of allylic oxidation sites excluding steroid dienone is 1. The summed E-state index contributed by atoms with van der Waals surface area (Å²) in [4.78, 5) is 2.34. The second-order valence-corrected chi connectivity index (χ2v) is 8.66. The fourth-order valence-corrected chi connectivity index (χ4v) is 4.92. The largest absolute Gasteiger partial charge is 0.347 e. The number of nitrogens with zero attached hydrogens (tertiary/aromatic N) is 2. The fourth-order valence-electron chi connectivity index (χ4n) is 4.92. The minimum absolute atomic E-state index is 0.0361. The third-order valence-electron chi connectivity index (χ3n) is 6.42. The molecule has 0 unspecified atom stereocenters. The fraction of sp³-hybridized carbons (Fsp3) is 0.179. The lowest BCUT2D eigenvalue weighted by Crippen LogP contribution is -2.35. The second-order valence-electron chi connectivity index (χ2n) is 8.66. The molecule has 148 valence electrons. The standard InChI is InChI=1S/C28H27N2/c1-20-18-21(19-27-28(2,3)24-15-9-11-17-26(24)29(27)4)23-14-8-10-16-25(23)30(20)22-12-6-5-7-13-22/h5-19H,1-4H3/q+1. The van der Waals surface area contributed by atoms with Crippen molar-refractivity contribution < 1.29 is 4.57 Å². The Hall–Kier alpha value is -3.39. The number of fused-ring (bicyclic) bond motifs is 2. The number of rotatable bonds is 2. The van der Waals surface area contributed by atoms with Crippen molar-refractivity contribution in [3.63, 3.8) is 0 Å². The van der Waals surface area contributed by atoms with Gasteiger partial charge in [0.1, 0.15) is 0 Å². The molecule has 0 bridgehead atoms. The van der Waals surface area contributed by atoms with E-state index in [0.29, 0.717) is 0 Å². The molecule has 1 aliphatic rings. The number of likely N-dealkylation sites (N-methyl/N-ethyl adjacent to an activating group) is 1. The highest BCUT2D eigenvalue weighted by Crippen LogP contribution is 2.47. The Morgan fingerprint density at radius 3 is 2.27 bits per heavy atom. The SMILES string of the molecule is Cc1cc(C=C2N(C)c3ccccc3C2(C)C)c2ccccc2[n+]1-c1ccccc1. The lowest BCUT2D eigenvalue weighted by atomic mass is 9.83. The van der Waals surface area contributed by atoms with Gasteiger partial charge in [-0.2, -0.15) is 4.57 Å². The Kier molecular flexibility index (Phi) is 4.25. The maximum atomic E-state index is 2.38. The average molecular weight is 392 g/mol. The van der Waals surface area contributed by atoms with Gasteiger partial charge in [-0.25, -0.2) is 0 Å². The number of para-hydroxylation sites is 3. The van der Waals surface area contributed by atoms with Crippen LogP contribution in [-0.2, 0) is 5.41 Å². The minimum atomic E-state index is -0.0361. The van der Waals surface area contributed by atoms with Crippen LogP contribution in [0, 0.1) is 6.92 Å². The summed E-state index contributed by atoms with van der Waals surface area (Å²) >= 11 is 0. The van der Waals surface area contributed by atoms with Crippen molar-refractivity contribution in [1.82, 2.24) is 0 Å². The van der Waals surface area contributed by atoms with Crippen LogP contribution in [0.15, 0.2) is 90.6 Å². The first-order valence-corrected chi connectivity index (χ1v) is 10.5. The van der Waals surface area contributed by atoms with E-state index in [1.54, 1.807) is 0 Å². The molecular formula is C28H27N2+. The topological polar surface area (TPSA) is 7.12 Å². The highest BCUT2D eigenvalue weighted by Gasteiger charge is 2.38. The summed E-state index contributed by atoms with van der Waals surface area (Å²) in [6.45, 7) is 6.84. The van der Waals surface area contributed by atoms with E-state index in [-0.39, 0.29) is 5.41 Å². The van der Waals surface area contributed by atoms with Crippen LogP contribution in [0.5, 0.6) is 0 Å². The number of anilines is 1. The zero-order valence-corrected chi connectivity index (χ0v) is 18.1. The number of hydrogen-bond acceptors (Lipinski definition) is 1. The summed E-state index contributed by atoms with van der Waals surface area (Å²) in [5, 5.41) is 1.26. The molecule has 0 atom stereocenters. The summed E-state index contributed by atoms with van der Waals surface area (Å²) < 4.78 is 2.34. The lowest BCUT2D eigenvalue weighted by molar-refractivity contribution is -0.574. The number of hydrogen-bond donors (Lipinski definition) is 0. The maximum Gasteiger partial charge on any atom is 0.219 e. The van der Waals surface area contributed by atoms with Crippen LogP contribution in [0.25, 0.3) is 22.7 Å². The van der Waals surface area contributed by atoms with E-state index >= 15 is 0 Å². The van der Waals surface area contributed by atoms with Crippen LogP contribution in [0.3, 0.4) is 0 Å². The molecule has 0 saturated heterocycles. The van der Waals surface area contributed by atoms with Crippen LogP contribution in [0.4, 0.5) is 5.69 Å². The number of pyridine rings is 1. The molecule has 2 heteroatoms. The molecule has 0 fully saturated rings. The van der Waals surface area contributed by atoms with Gasteiger partial charge in [0.05, 0.1) is 5.39 Å². The zero-order chi connectivity index (χ0) is 20.9. The second kappa shape index (κ2) is 6.84. The van der Waals surface area contributed by atoms with Crippen molar-refractivity contribution in [1.29, 1.82) is 0 Å². The van der Waals surface area contributed by atoms with Gasteiger partial charge >= 0.3 is 0 Å². The van der Waals surface area contributed by atoms with E-state index < -0.39 is 0 Å². The minimum Gasteiger partial charge on any atom is -0.347 e. The van der Waals surface area contributed by atoms with Crippen LogP contribution in [0.2, 0.25) is 0 Å². The van der Waals surface area contributed by atoms with Gasteiger partial charge in [-0.3, -0.25) is 0 Å². The first-order valence-electron chi connectivity index (χ1n) is 10.5. The van der Waals surface area contributed by atoms with Crippen LogP contribution >= 0.6 is 0 Å². The molecule has 5 rings (SSSR count). The van der Waals surface area contributed by atoms with Crippen molar-refractivity contribution in [3.05, 3.63) is 107 Å². The molecule has 0 spiro atoms. The predicted octanol–water partition coefficient (Wildman–Crippen LogP) is 6.19. The summed E-state index contributed by atoms with van der Waals surface area (Å²) in [6, 6.07) is 30.4. The van der Waals surface area contributed by atoms with Crippen molar-refractivity contribution in [2.24, 2.45) is 0 Å². The van der Waals surface area contributed by atoms with Crippen molar-refractivity contribution in [2.75, 3.05) is 11.9 Å². The van der Waals surface area contributed by atoms with E-state index in [0.717, 1.165) is 0 Å². The predicted molar refractivity (Wildman–Crippen MR) is 126 cm³/mol. The molecule has 4 aromatic rings. The Morgan fingerprint density at radius 2 is 1.50 bits per heavy atom. The van der Waals surface area contributed by atoms with Gasteiger partial charge in [0, 0.05) is 55.0 Å². The molecule has 0 amide bonds. The van der Waals surface area contributed by atoms with Crippen LogP contribution in [-0.4, -0.2) is 7.05 Å². The third-order valence-corrected chi connectivity index (χ3v) is 6.42. The molecule has 0 aliphatic carbocycles. The van der Waals surface area contributed by atoms with Gasteiger partial charge in [-0.1, -0.05) is 62.4 Å². The smallest absolute Gasteiger partial charge is 0.219 e. The lowest BCUT2D eigenvalue weighted by Gasteiger charge is -2.24. The molecular weight excluding hydrogens is 364 g/mol. The molecule has 0 radical (unpaired) electrons. The van der Waals surface area contributed by atoms with Crippen molar-refractivity contribution in [2.45, 2.75) is 26.2 Å². The Balaban J connectivity index is 1.74. The zero-order valence-electron chi connectivity index (χ0n) is 18.1. The van der Waals surface area contributed by atoms with E-state index in [1.165, 1.54) is 44.8 Å². The van der Waals surface area contributed by atoms with Gasteiger partial charge in [0.2, 0.25) is 11.2 Å². The average Bonchev–Trinajstić information content (AvgIpc) is 2.95. The molecule has 2 heterocycles. The van der Waals surface area contributed by atoms with Crippen LogP contribution < -0.4 is 9.47 Å². The van der Waals surface area contributed by atoms with E-state index in [1.807, 2.05) is 0 Å². The van der Waals surface area contributed by atoms with E-state index in [4.69, 9.17) is 0 Å². The van der Waals surface area contributed by atoms with Gasteiger partial charge in [-0.05, 0) is 29.3 Å². The molecule has 30 heavy (non-hydrogen) atoms. The summed E-state index contributed by atoms with van der Waals surface area (Å²) in [5.74, 6) is 0. The number of aryl methyl sites for hydroxylation is 1. The third kappa shape index (κ3) is 2.75. The molecule has 2 nitrogen and oxygen atoms in total. The monoisotopic (exact) mass is 391 g/mol. The van der Waals surface area contributed by atoms with E-state index in [9.17, 15) is 0 Å². The van der Waals surface area contributed by atoms with Gasteiger partial charge in [0.25, 0.3) is 0 Å². The Bertz CT molecular complexity index is 1280. The molecule has 0 saturated carbocycles. The molecule has 1 aliphatic heterocycles. The Labute approximate surface area is 178 Å². The van der Waals surface area contributed by atoms with Gasteiger partial charge < -0.3 is 4.90 Å². The van der Waals surface area contributed by atoms with Crippen LogP contribution in [0.1, 0.15) is 30.7 Å². The summed E-state index contributed by atoms with van der Waals surface area (Å²) in [5.41, 5.74) is 8.88. The molecule has 3 aromatic carbocycles. The Morgan fingerprint density at radius 1 is 0.833 bits per heavy atom. The first kappa shape index (κ1) is 18.6. The number of benzene rings is 3. The molecule has 1 aromatic heterocycles. The van der Waals surface area contributed by atoms with Gasteiger partial charge in [-0.15, -0.1) is 0 Å². The summed E-state index contributed by atoms with van der Waals surface area (Å²) in [7, 11) is 2.18. The van der Waals surface area contributed by atoms with Crippen molar-refractivity contribution >= 4 is 22.7 Å². The normalized spacial score (nSPS) is 16.3. The highest BCUT2D eigenvalue weighted by molar-refractivity contribution is 5.88. The quantitative estimate of drug-likeness (QED) is 0.369. The highest BCUT2D eigenvalue weighted by atomic mass is 15.2. The summed E-state index contributed by atoms with van der Waals surface area (Å²) in [6.07, 6.45) is 2.38. The number of aromatic nitrogens is 1. The van der Waals surface area contributed by atoms with E-state index in [2.05, 4.69) is 128 Å². The maximum absolute atomic E-state index is 2.38. The van der Waals surface area contributed by atoms with Crippen molar-refractivity contribution in [3.8, 4) is 5.69 Å².